The van der Waals surface area contributed by atoms with E-state index in [4.69, 9.17) is 25.2 Å². The summed E-state index contributed by atoms with van der Waals surface area (Å²) in [6, 6.07) is 11.9. The van der Waals surface area contributed by atoms with Gasteiger partial charge in [0.25, 0.3) is 6.43 Å². The van der Waals surface area contributed by atoms with E-state index in [1.807, 2.05) is 19.1 Å². The van der Waals surface area contributed by atoms with E-state index in [-0.39, 0.29) is 52.8 Å². The van der Waals surface area contributed by atoms with Crippen LogP contribution in [-0.2, 0) is 16.1 Å². The summed E-state index contributed by atoms with van der Waals surface area (Å²) in [5.74, 6) is -1.06. The van der Waals surface area contributed by atoms with Crippen LogP contribution >= 0.6 is 11.6 Å². The Morgan fingerprint density at radius 1 is 1.06 bits per heavy atom. The van der Waals surface area contributed by atoms with Gasteiger partial charge in [-0.05, 0) is 62.8 Å². The first-order valence-corrected chi connectivity index (χ1v) is 16.5. The van der Waals surface area contributed by atoms with Gasteiger partial charge in [0.15, 0.2) is 17.9 Å². The van der Waals surface area contributed by atoms with Crippen LogP contribution in [0.25, 0.3) is 33.4 Å². The van der Waals surface area contributed by atoms with Crippen molar-refractivity contribution in [1.29, 1.82) is 0 Å². The number of esters is 1. The highest BCUT2D eigenvalue weighted by Gasteiger charge is 2.29. The predicted octanol–water partition coefficient (Wildman–Crippen LogP) is 7.78. The van der Waals surface area contributed by atoms with Gasteiger partial charge in [0.05, 0.1) is 42.6 Å². The average Bonchev–Trinajstić information content (AvgIpc) is 3.17. The van der Waals surface area contributed by atoms with Crippen LogP contribution in [0.1, 0.15) is 63.7 Å². The molecule has 6 rings (SSSR count). The normalized spacial score (nSPS) is 17.1. The Morgan fingerprint density at radius 2 is 1.80 bits per heavy atom. The van der Waals surface area contributed by atoms with E-state index >= 15 is 0 Å². The molecule has 0 saturated heterocycles. The highest BCUT2D eigenvalue weighted by Crippen LogP contribution is 2.40. The maximum atomic E-state index is 13.8. The van der Waals surface area contributed by atoms with Crippen LogP contribution in [0.2, 0.25) is 5.02 Å². The quantitative estimate of drug-likeness (QED) is 0.106. The van der Waals surface area contributed by atoms with Gasteiger partial charge in [0.2, 0.25) is 5.88 Å². The van der Waals surface area contributed by atoms with Crippen molar-refractivity contribution in [3.8, 4) is 28.3 Å². The van der Waals surface area contributed by atoms with Crippen molar-refractivity contribution < 1.29 is 32.0 Å². The van der Waals surface area contributed by atoms with Crippen LogP contribution in [-0.4, -0.2) is 69.3 Å². The van der Waals surface area contributed by atoms with E-state index in [0.29, 0.717) is 65.2 Å². The van der Waals surface area contributed by atoms with Gasteiger partial charge in [0.1, 0.15) is 11.2 Å². The van der Waals surface area contributed by atoms with Crippen molar-refractivity contribution in [3.63, 3.8) is 0 Å². The van der Waals surface area contributed by atoms with Gasteiger partial charge in [-0.2, -0.15) is 0 Å². The van der Waals surface area contributed by atoms with Crippen LogP contribution in [0, 0.1) is 12.8 Å². The van der Waals surface area contributed by atoms with Gasteiger partial charge in [-0.3, -0.25) is 19.5 Å². The Kier molecular flexibility index (Phi) is 9.61. The number of anilines is 2. The highest BCUT2D eigenvalue weighted by molar-refractivity contribution is 6.36. The van der Waals surface area contributed by atoms with Gasteiger partial charge in [-0.25, -0.2) is 28.7 Å². The standard InChI is InChI=1S/C37H36ClF2N7O4/c1-20-24(7-6-10-27(20)43-34-32-28(15-21(19-48)16-42-32)44-35(46-34)33(39)40)25-8-5-9-26(31(25)38)29-17-41-30(36(45-29)50-3)18-47(2)23-13-11-22(12-14-23)37(49)51-4/h5-10,15-17,19,22-23,33H,11-14,18H2,1-4H3,(H,43,44,46)/i2D3. The molecular weight excluding hydrogens is 680 g/mol. The lowest BCUT2D eigenvalue weighted by Crippen LogP contribution is -2.36. The molecule has 1 aliphatic rings. The lowest BCUT2D eigenvalue weighted by atomic mass is 9.85. The summed E-state index contributed by atoms with van der Waals surface area (Å²) in [6.07, 6.45) is 2.50. The molecule has 3 heterocycles. The van der Waals surface area contributed by atoms with Crippen molar-refractivity contribution >= 4 is 46.4 Å². The highest BCUT2D eigenvalue weighted by atomic mass is 35.5. The van der Waals surface area contributed by atoms with E-state index < -0.39 is 19.2 Å². The summed E-state index contributed by atoms with van der Waals surface area (Å²) >= 11 is 7.06. The lowest BCUT2D eigenvalue weighted by molar-refractivity contribution is -0.146. The fourth-order valence-electron chi connectivity index (χ4n) is 6.31. The molecule has 2 aromatic carbocycles. The number of nitrogens with one attached hydrogen (secondary N) is 1. The molecule has 0 atom stereocenters. The molecule has 14 heteroatoms. The molecule has 0 amide bonds. The van der Waals surface area contributed by atoms with Crippen molar-refractivity contribution in [2.45, 2.75) is 51.6 Å². The summed E-state index contributed by atoms with van der Waals surface area (Å²) in [7, 11) is 2.78. The zero-order chi connectivity index (χ0) is 38.7. The van der Waals surface area contributed by atoms with Crippen molar-refractivity contribution in [3.05, 3.63) is 82.5 Å². The number of hydrogen-bond acceptors (Lipinski definition) is 11. The first-order chi connectivity index (χ1) is 25.8. The second kappa shape index (κ2) is 15.4. The smallest absolute Gasteiger partial charge is 0.308 e. The Hall–Kier alpha value is -5.14. The molecule has 0 aliphatic heterocycles. The second-order valence-electron chi connectivity index (χ2n) is 12.1. The summed E-state index contributed by atoms with van der Waals surface area (Å²) in [5, 5.41) is 3.47. The van der Waals surface area contributed by atoms with Crippen molar-refractivity contribution in [1.82, 2.24) is 29.8 Å². The predicted molar refractivity (Wildman–Crippen MR) is 189 cm³/mol. The topological polar surface area (TPSA) is 132 Å². The minimum Gasteiger partial charge on any atom is -0.480 e. The maximum Gasteiger partial charge on any atom is 0.308 e. The molecule has 264 valence electrons. The SMILES string of the molecule is [2H]C([2H])([2H])N(Cc1ncc(-c2cccc(-c3cccc(Nc4nc(C(F)F)nc5cc(C=O)cnc45)c3C)c2Cl)nc1OC)C1CCC(C(=O)OC)CC1. The van der Waals surface area contributed by atoms with Crippen LogP contribution < -0.4 is 10.1 Å². The van der Waals surface area contributed by atoms with Crippen molar-refractivity contribution in [2.24, 2.45) is 5.92 Å². The van der Waals surface area contributed by atoms with Crippen LogP contribution in [0.15, 0.2) is 54.9 Å². The zero-order valence-electron chi connectivity index (χ0n) is 31.0. The van der Waals surface area contributed by atoms with E-state index in [2.05, 4.69) is 30.2 Å². The zero-order valence-corrected chi connectivity index (χ0v) is 28.7. The van der Waals surface area contributed by atoms with Crippen molar-refractivity contribution in [2.75, 3.05) is 26.5 Å². The molecule has 0 bridgehead atoms. The molecule has 1 saturated carbocycles. The molecule has 1 aliphatic carbocycles. The fraction of sp³-hybridized carbons (Fsp3) is 0.324. The number of halogens is 3. The maximum absolute atomic E-state index is 13.8. The summed E-state index contributed by atoms with van der Waals surface area (Å²) in [4.78, 5) is 46.2. The Balaban J connectivity index is 1.29. The molecular formula is C37H36ClF2N7O4. The molecule has 51 heavy (non-hydrogen) atoms. The number of rotatable bonds is 11. The third kappa shape index (κ3) is 7.49. The van der Waals surface area contributed by atoms with E-state index in [1.165, 1.54) is 37.6 Å². The molecule has 0 unspecified atom stereocenters. The number of benzene rings is 2. The first-order valence-electron chi connectivity index (χ1n) is 17.6. The number of nitrogens with zero attached hydrogens (tertiary/aromatic N) is 6. The number of ether oxygens (including phenoxy) is 2. The van der Waals surface area contributed by atoms with Gasteiger partial charge in [-0.1, -0.05) is 41.9 Å². The molecule has 5 aromatic rings. The number of carbonyl (C=O) groups is 2. The van der Waals surface area contributed by atoms with Crippen LogP contribution in [0.3, 0.4) is 0 Å². The number of fused-ring (bicyclic) bond motifs is 1. The number of carbonyl (C=O) groups excluding carboxylic acids is 2. The molecule has 1 N–H and O–H groups in total. The molecule has 0 radical (unpaired) electrons. The van der Waals surface area contributed by atoms with E-state index in [9.17, 15) is 18.4 Å². The Morgan fingerprint density at radius 3 is 2.51 bits per heavy atom. The number of alkyl halides is 2. The number of hydrogen-bond donors (Lipinski definition) is 1. The lowest BCUT2D eigenvalue weighted by Gasteiger charge is -2.33. The molecule has 11 nitrogen and oxygen atoms in total. The summed E-state index contributed by atoms with van der Waals surface area (Å²) in [6.45, 7) is -0.650. The monoisotopic (exact) mass is 718 g/mol. The van der Waals surface area contributed by atoms with Crippen LogP contribution in [0.5, 0.6) is 5.88 Å². The average molecular weight is 719 g/mol. The number of methoxy groups -OCH3 is 2. The van der Waals surface area contributed by atoms with E-state index in [0.717, 1.165) is 11.1 Å². The Bertz CT molecular complexity index is 2200. The summed E-state index contributed by atoms with van der Waals surface area (Å²) in [5.41, 5.74) is 4.37. The molecule has 1 fully saturated rings. The minimum atomic E-state index is -2.96. The van der Waals surface area contributed by atoms with Gasteiger partial charge in [0, 0.05) is 45.3 Å². The summed E-state index contributed by atoms with van der Waals surface area (Å²) < 4.78 is 62.8. The second-order valence-corrected chi connectivity index (χ2v) is 12.5. The third-order valence-electron chi connectivity index (χ3n) is 9.05. The van der Waals surface area contributed by atoms with Gasteiger partial charge >= 0.3 is 5.97 Å². The fourth-order valence-corrected chi connectivity index (χ4v) is 6.63. The Labute approximate surface area is 302 Å². The number of pyridine rings is 1. The third-order valence-corrected chi connectivity index (χ3v) is 9.46. The first kappa shape index (κ1) is 31.8. The number of aldehydes is 1. The van der Waals surface area contributed by atoms with Gasteiger partial charge < -0.3 is 14.8 Å². The molecule has 0 spiro atoms. The largest absolute Gasteiger partial charge is 0.480 e. The number of aromatic nitrogens is 5. The van der Waals surface area contributed by atoms with Crippen LogP contribution in [0.4, 0.5) is 20.3 Å². The molecule has 3 aromatic heterocycles. The minimum absolute atomic E-state index is 0.0428. The van der Waals surface area contributed by atoms with Gasteiger partial charge in [-0.15, -0.1) is 0 Å². The van der Waals surface area contributed by atoms with E-state index in [1.54, 1.807) is 24.3 Å².